The van der Waals surface area contributed by atoms with Gasteiger partial charge in [-0.25, -0.2) is 0 Å². The molecule has 2 aromatic carbocycles. The second kappa shape index (κ2) is 5.96. The van der Waals surface area contributed by atoms with Gasteiger partial charge in [0.2, 0.25) is 0 Å². The molecule has 0 aliphatic heterocycles. The fraction of sp³-hybridized carbons (Fsp3) is 0.133. The van der Waals surface area contributed by atoms with Crippen molar-refractivity contribution in [1.82, 2.24) is 9.78 Å². The van der Waals surface area contributed by atoms with E-state index in [1.807, 2.05) is 0 Å². The summed E-state index contributed by atoms with van der Waals surface area (Å²) in [7, 11) is -5.80. The molecule has 0 amide bonds. The maximum atomic E-state index is 12.6. The molecule has 3 rings (SSSR count). The van der Waals surface area contributed by atoms with Crippen LogP contribution in [0.4, 0.5) is 18.9 Å². The topological polar surface area (TPSA) is 87.2 Å². The van der Waals surface area contributed by atoms with Crippen molar-refractivity contribution >= 4 is 26.7 Å². The molecule has 1 aromatic heterocycles. The first-order valence-corrected chi connectivity index (χ1v) is 8.39. The zero-order valence-electron chi connectivity index (χ0n) is 12.6. The van der Waals surface area contributed by atoms with Gasteiger partial charge in [0.05, 0.1) is 17.4 Å². The number of benzene rings is 2. The minimum atomic E-state index is -5.80. The highest BCUT2D eigenvalue weighted by atomic mass is 32.2. The molecule has 0 saturated heterocycles. The average Bonchev–Trinajstić information content (AvgIpc) is 2.86. The van der Waals surface area contributed by atoms with Gasteiger partial charge in [-0.1, -0.05) is 24.3 Å². The number of nitrogen functional groups attached to an aromatic ring is 1. The van der Waals surface area contributed by atoms with Crippen molar-refractivity contribution in [1.29, 1.82) is 0 Å². The molecule has 10 heteroatoms. The van der Waals surface area contributed by atoms with Crippen LogP contribution in [-0.4, -0.2) is 23.7 Å². The number of aromatic nitrogens is 2. The molecule has 132 valence electrons. The van der Waals surface area contributed by atoms with E-state index in [4.69, 9.17) is 5.73 Å². The van der Waals surface area contributed by atoms with Gasteiger partial charge in [-0.3, -0.25) is 4.68 Å². The molecule has 0 fully saturated rings. The third-order valence-electron chi connectivity index (χ3n) is 3.41. The summed E-state index contributed by atoms with van der Waals surface area (Å²) in [5.41, 5.74) is 1.86. The lowest BCUT2D eigenvalue weighted by atomic mass is 10.2. The molecule has 3 aromatic rings. The van der Waals surface area contributed by atoms with Crippen molar-refractivity contribution < 1.29 is 25.8 Å². The van der Waals surface area contributed by atoms with Crippen LogP contribution in [0.3, 0.4) is 0 Å². The van der Waals surface area contributed by atoms with Gasteiger partial charge in [-0.05, 0) is 29.8 Å². The van der Waals surface area contributed by atoms with E-state index in [0.29, 0.717) is 11.2 Å². The van der Waals surface area contributed by atoms with Crippen LogP contribution in [0.2, 0.25) is 0 Å². The van der Waals surface area contributed by atoms with E-state index in [1.165, 1.54) is 10.7 Å². The van der Waals surface area contributed by atoms with Crippen molar-refractivity contribution in [2.24, 2.45) is 0 Å². The van der Waals surface area contributed by atoms with E-state index in [9.17, 15) is 21.6 Å². The Hall–Kier alpha value is -2.75. The maximum absolute atomic E-state index is 12.6. The van der Waals surface area contributed by atoms with Gasteiger partial charge in [0.25, 0.3) is 5.88 Å². The summed E-state index contributed by atoms with van der Waals surface area (Å²) >= 11 is 0. The van der Waals surface area contributed by atoms with E-state index in [1.54, 1.807) is 42.5 Å². The number of nitrogens with zero attached hydrogens (tertiary/aromatic N) is 2. The molecule has 1 heterocycles. The molecular formula is C15H12F3N3O3S. The average molecular weight is 371 g/mol. The summed E-state index contributed by atoms with van der Waals surface area (Å²) in [4.78, 5) is 0. The lowest BCUT2D eigenvalue weighted by molar-refractivity contribution is -0.0501. The molecule has 0 unspecified atom stereocenters. The smallest absolute Gasteiger partial charge is 0.399 e. The number of rotatable bonds is 4. The molecular weight excluding hydrogens is 359 g/mol. The molecule has 25 heavy (non-hydrogen) atoms. The quantitative estimate of drug-likeness (QED) is 0.433. The molecule has 0 spiro atoms. The first-order chi connectivity index (χ1) is 11.7. The molecule has 0 radical (unpaired) electrons. The minimum absolute atomic E-state index is 0.158. The highest BCUT2D eigenvalue weighted by Gasteiger charge is 2.49. The van der Waals surface area contributed by atoms with E-state index in [-0.39, 0.29) is 11.9 Å². The standard InChI is InChI=1S/C15H12F3N3O3S/c16-15(17,18)25(22,23)24-14-12-3-1-2-4-13(12)21(20-14)9-10-5-7-11(19)8-6-10/h1-8H,9,19H2. The molecule has 0 aliphatic rings. The van der Waals surface area contributed by atoms with Gasteiger partial charge in [0, 0.05) is 5.69 Å². The summed E-state index contributed by atoms with van der Waals surface area (Å²) in [5.74, 6) is -0.622. The third kappa shape index (κ3) is 3.38. The SMILES string of the molecule is Nc1ccc(Cn2nc(OS(=O)(=O)C(F)(F)F)c3ccccc32)cc1. The van der Waals surface area contributed by atoms with Crippen molar-refractivity contribution in [3.8, 4) is 5.88 Å². The predicted molar refractivity (Wildman–Crippen MR) is 85.3 cm³/mol. The molecule has 0 bridgehead atoms. The highest BCUT2D eigenvalue weighted by Crippen LogP contribution is 2.31. The number of hydrogen-bond acceptors (Lipinski definition) is 5. The zero-order chi connectivity index (χ0) is 18.2. The van der Waals surface area contributed by atoms with Crippen LogP contribution in [0.5, 0.6) is 5.88 Å². The van der Waals surface area contributed by atoms with Crippen molar-refractivity contribution in [3.05, 3.63) is 54.1 Å². The second-order valence-corrected chi connectivity index (χ2v) is 6.74. The van der Waals surface area contributed by atoms with E-state index >= 15 is 0 Å². The van der Waals surface area contributed by atoms with Crippen LogP contribution < -0.4 is 9.92 Å². The Bertz CT molecular complexity index is 1010. The van der Waals surface area contributed by atoms with Crippen molar-refractivity contribution in [3.63, 3.8) is 0 Å². The molecule has 0 atom stereocenters. The third-order valence-corrected chi connectivity index (χ3v) is 4.35. The molecule has 0 saturated carbocycles. The lowest BCUT2D eigenvalue weighted by Gasteiger charge is -2.07. The molecule has 6 nitrogen and oxygen atoms in total. The van der Waals surface area contributed by atoms with Crippen molar-refractivity contribution in [2.75, 3.05) is 5.73 Å². The van der Waals surface area contributed by atoms with Crippen LogP contribution in [0.15, 0.2) is 48.5 Å². The number of fused-ring (bicyclic) bond motifs is 1. The van der Waals surface area contributed by atoms with Crippen LogP contribution in [-0.2, 0) is 16.7 Å². The van der Waals surface area contributed by atoms with Crippen LogP contribution in [0, 0.1) is 0 Å². The second-order valence-electron chi connectivity index (χ2n) is 5.20. The van der Waals surface area contributed by atoms with Gasteiger partial charge in [0.15, 0.2) is 0 Å². The monoisotopic (exact) mass is 371 g/mol. The van der Waals surface area contributed by atoms with Gasteiger partial charge < -0.3 is 9.92 Å². The summed E-state index contributed by atoms with van der Waals surface area (Å²) in [6.07, 6.45) is 0. The normalized spacial score (nSPS) is 12.4. The van der Waals surface area contributed by atoms with E-state index < -0.39 is 21.5 Å². The minimum Gasteiger partial charge on any atom is -0.399 e. The summed E-state index contributed by atoms with van der Waals surface area (Å²) in [6, 6.07) is 13.1. The number of anilines is 1. The fourth-order valence-electron chi connectivity index (χ4n) is 2.23. The Morgan fingerprint density at radius 3 is 2.36 bits per heavy atom. The number of para-hydroxylation sites is 1. The van der Waals surface area contributed by atoms with Gasteiger partial charge in [-0.15, -0.1) is 5.10 Å². The Labute approximate surface area is 140 Å². The predicted octanol–water partition coefficient (Wildman–Crippen LogP) is 2.90. The zero-order valence-corrected chi connectivity index (χ0v) is 13.4. The highest BCUT2D eigenvalue weighted by molar-refractivity contribution is 7.88. The largest absolute Gasteiger partial charge is 0.534 e. The first kappa shape index (κ1) is 17.1. The van der Waals surface area contributed by atoms with Gasteiger partial charge in [-0.2, -0.15) is 21.6 Å². The Morgan fingerprint density at radius 1 is 1.08 bits per heavy atom. The molecule has 2 N–H and O–H groups in total. The summed E-state index contributed by atoms with van der Waals surface area (Å²) in [6.45, 7) is 0.205. The van der Waals surface area contributed by atoms with Crippen LogP contribution >= 0.6 is 0 Å². The lowest BCUT2D eigenvalue weighted by Crippen LogP contribution is -2.28. The first-order valence-electron chi connectivity index (χ1n) is 6.98. The summed E-state index contributed by atoms with van der Waals surface area (Å²) in [5, 5.41) is 4.05. The van der Waals surface area contributed by atoms with Crippen molar-refractivity contribution in [2.45, 2.75) is 12.1 Å². The van der Waals surface area contributed by atoms with Crippen LogP contribution in [0.1, 0.15) is 5.56 Å². The Kier molecular flexibility index (Phi) is 4.07. The van der Waals surface area contributed by atoms with Gasteiger partial charge >= 0.3 is 15.6 Å². The van der Waals surface area contributed by atoms with E-state index in [0.717, 1.165) is 5.56 Å². The Morgan fingerprint density at radius 2 is 1.72 bits per heavy atom. The Balaban J connectivity index is 2.02. The number of hydrogen-bond donors (Lipinski definition) is 1. The fourth-order valence-corrected chi connectivity index (χ4v) is 2.65. The molecule has 0 aliphatic carbocycles. The maximum Gasteiger partial charge on any atom is 0.534 e. The van der Waals surface area contributed by atoms with E-state index in [2.05, 4.69) is 9.28 Å². The van der Waals surface area contributed by atoms with Gasteiger partial charge in [0.1, 0.15) is 0 Å². The van der Waals surface area contributed by atoms with Crippen LogP contribution in [0.25, 0.3) is 10.9 Å². The number of alkyl halides is 3. The number of halogens is 3. The summed E-state index contributed by atoms with van der Waals surface area (Å²) < 4.78 is 65.7. The number of nitrogens with two attached hydrogens (primary N) is 1.